The zero-order valence-electron chi connectivity index (χ0n) is 17.1. The predicted molar refractivity (Wildman–Crippen MR) is 103 cm³/mol. The fraction of sp³-hybridized carbons (Fsp3) is 0.476. The molecule has 2 aliphatic rings. The molecule has 30 heavy (non-hydrogen) atoms. The van der Waals surface area contributed by atoms with Gasteiger partial charge >= 0.3 is 12.1 Å². The van der Waals surface area contributed by atoms with Crippen molar-refractivity contribution < 1.29 is 32.5 Å². The lowest BCUT2D eigenvalue weighted by Gasteiger charge is -2.46. The maximum atomic E-state index is 12.9. The molecule has 1 N–H and O–H groups in total. The van der Waals surface area contributed by atoms with Crippen LogP contribution in [0.2, 0.25) is 0 Å². The second-order valence-corrected chi connectivity index (χ2v) is 7.44. The Hall–Kier alpha value is -2.52. The number of morpholine rings is 1. The third kappa shape index (κ3) is 4.46. The normalized spacial score (nSPS) is 23.4. The minimum atomic E-state index is -4.41. The summed E-state index contributed by atoms with van der Waals surface area (Å²) in [5.41, 5.74) is 0.502. The summed E-state index contributed by atoms with van der Waals surface area (Å²) in [6, 6.07) is 4.94. The summed E-state index contributed by atoms with van der Waals surface area (Å²) in [6.07, 6.45) is -2.87. The van der Waals surface area contributed by atoms with Crippen molar-refractivity contribution in [3.63, 3.8) is 0 Å². The van der Waals surface area contributed by atoms with E-state index in [1.54, 1.807) is 11.8 Å². The first-order valence-corrected chi connectivity index (χ1v) is 9.60. The number of benzene rings is 1. The summed E-state index contributed by atoms with van der Waals surface area (Å²) in [4.78, 5) is 15.8. The third-order valence-corrected chi connectivity index (χ3v) is 5.39. The minimum absolute atomic E-state index is 0.0431. The van der Waals surface area contributed by atoms with Crippen LogP contribution in [0.3, 0.4) is 0 Å². The van der Waals surface area contributed by atoms with Gasteiger partial charge in [0.05, 0.1) is 25.9 Å². The molecule has 0 aliphatic carbocycles. The van der Waals surface area contributed by atoms with E-state index in [1.165, 1.54) is 19.2 Å². The lowest BCUT2D eigenvalue weighted by Crippen LogP contribution is -2.56. The number of carbonyl (C=O) groups is 1. The van der Waals surface area contributed by atoms with Crippen LogP contribution in [-0.2, 0) is 27.0 Å². The van der Waals surface area contributed by atoms with E-state index >= 15 is 0 Å². The molecule has 1 unspecified atom stereocenters. The smallest absolute Gasteiger partial charge is 0.416 e. The summed E-state index contributed by atoms with van der Waals surface area (Å²) in [6.45, 7) is 5.64. The fourth-order valence-corrected chi connectivity index (χ4v) is 3.88. The van der Waals surface area contributed by atoms with Crippen molar-refractivity contribution in [2.75, 3.05) is 26.9 Å². The van der Waals surface area contributed by atoms with E-state index in [1.807, 2.05) is 13.0 Å². The Morgan fingerprint density at radius 2 is 1.97 bits per heavy atom. The van der Waals surface area contributed by atoms with Crippen molar-refractivity contribution in [2.24, 2.45) is 0 Å². The number of alkyl halides is 3. The van der Waals surface area contributed by atoms with E-state index in [0.717, 1.165) is 12.1 Å². The molecule has 164 valence electrons. The highest BCUT2D eigenvalue weighted by molar-refractivity contribution is 5.92. The number of rotatable bonds is 5. The SMILES string of the molecule is COC1=C(C(=O)O)C(C)=CC(N2CCOC[C@H]2C)N1Cc1ccc(C(F)(F)F)cc1. The molecule has 1 saturated heterocycles. The van der Waals surface area contributed by atoms with Gasteiger partial charge in [0.25, 0.3) is 0 Å². The molecule has 3 rings (SSSR count). The average Bonchev–Trinajstić information content (AvgIpc) is 2.68. The Morgan fingerprint density at radius 3 is 2.50 bits per heavy atom. The summed E-state index contributed by atoms with van der Waals surface area (Å²) in [7, 11) is 1.40. The zero-order chi connectivity index (χ0) is 22.1. The molecule has 0 saturated carbocycles. The van der Waals surface area contributed by atoms with Crippen molar-refractivity contribution in [3.8, 4) is 0 Å². The Bertz CT molecular complexity index is 849. The van der Waals surface area contributed by atoms with Crippen LogP contribution < -0.4 is 0 Å². The first kappa shape index (κ1) is 22.2. The molecule has 0 amide bonds. The number of carboxylic acid groups (broad SMARTS) is 1. The van der Waals surface area contributed by atoms with Crippen LogP contribution in [0.25, 0.3) is 0 Å². The fourth-order valence-electron chi connectivity index (χ4n) is 3.88. The largest absolute Gasteiger partial charge is 0.482 e. The molecule has 2 aliphatic heterocycles. The maximum Gasteiger partial charge on any atom is 0.416 e. The summed E-state index contributed by atoms with van der Waals surface area (Å²) in [5, 5.41) is 9.70. The lowest BCUT2D eigenvalue weighted by molar-refractivity contribution is -0.137. The predicted octanol–water partition coefficient (Wildman–Crippen LogP) is 3.46. The minimum Gasteiger partial charge on any atom is -0.482 e. The van der Waals surface area contributed by atoms with Gasteiger partial charge in [0.1, 0.15) is 11.7 Å². The maximum absolute atomic E-state index is 12.9. The van der Waals surface area contributed by atoms with E-state index in [4.69, 9.17) is 9.47 Å². The Labute approximate surface area is 173 Å². The Balaban J connectivity index is 1.99. The van der Waals surface area contributed by atoms with Crippen LogP contribution in [0, 0.1) is 0 Å². The zero-order valence-corrected chi connectivity index (χ0v) is 17.1. The molecule has 2 atom stereocenters. The van der Waals surface area contributed by atoms with Crippen molar-refractivity contribution in [1.29, 1.82) is 0 Å². The number of hydrogen-bond acceptors (Lipinski definition) is 5. The summed E-state index contributed by atoms with van der Waals surface area (Å²) >= 11 is 0. The molecular weight excluding hydrogens is 401 g/mol. The highest BCUT2D eigenvalue weighted by atomic mass is 19.4. The summed E-state index contributed by atoms with van der Waals surface area (Å²) < 4.78 is 49.7. The Morgan fingerprint density at radius 1 is 1.30 bits per heavy atom. The lowest BCUT2D eigenvalue weighted by atomic mass is 10.00. The number of ether oxygens (including phenoxy) is 2. The molecule has 2 heterocycles. The van der Waals surface area contributed by atoms with Gasteiger partial charge in [-0.25, -0.2) is 4.79 Å². The molecule has 1 aromatic rings. The quantitative estimate of drug-likeness (QED) is 0.778. The van der Waals surface area contributed by atoms with Crippen LogP contribution in [0.15, 0.2) is 47.4 Å². The average molecular weight is 426 g/mol. The number of methoxy groups -OCH3 is 1. The number of nitrogens with zero attached hydrogens (tertiary/aromatic N) is 2. The standard InChI is InChI=1S/C21H25F3N2O4/c1-13-10-17(25-8-9-30-12-14(25)2)26(19(29-3)18(13)20(27)28)11-15-4-6-16(7-5-15)21(22,23)24/h4-7,10,14,17H,8-9,11-12H2,1-3H3,(H,27,28)/t14-,17?/m1/s1. The first-order chi connectivity index (χ1) is 14.1. The summed E-state index contributed by atoms with van der Waals surface area (Å²) in [5.74, 6) is -0.933. The van der Waals surface area contributed by atoms with Crippen LogP contribution >= 0.6 is 0 Å². The second kappa shape index (κ2) is 8.69. The van der Waals surface area contributed by atoms with Crippen molar-refractivity contribution in [1.82, 2.24) is 9.80 Å². The number of aliphatic carboxylic acids is 1. The van der Waals surface area contributed by atoms with Crippen LogP contribution in [0.4, 0.5) is 13.2 Å². The van der Waals surface area contributed by atoms with Gasteiger partial charge in [-0.15, -0.1) is 0 Å². The van der Waals surface area contributed by atoms with Crippen molar-refractivity contribution in [2.45, 2.75) is 38.8 Å². The van der Waals surface area contributed by atoms with E-state index in [2.05, 4.69) is 4.90 Å². The van der Waals surface area contributed by atoms with E-state index in [0.29, 0.717) is 30.9 Å². The first-order valence-electron chi connectivity index (χ1n) is 9.60. The molecule has 0 radical (unpaired) electrons. The number of carboxylic acids is 1. The molecule has 0 bridgehead atoms. The van der Waals surface area contributed by atoms with E-state index in [9.17, 15) is 23.1 Å². The number of halogens is 3. The van der Waals surface area contributed by atoms with E-state index < -0.39 is 17.7 Å². The molecule has 9 heteroatoms. The highest BCUT2D eigenvalue weighted by Crippen LogP contribution is 2.33. The van der Waals surface area contributed by atoms with Gasteiger partial charge in [0.2, 0.25) is 5.88 Å². The molecule has 1 aromatic carbocycles. The van der Waals surface area contributed by atoms with Crippen LogP contribution in [-0.4, -0.2) is 60.0 Å². The van der Waals surface area contributed by atoms with Gasteiger partial charge in [0, 0.05) is 19.1 Å². The van der Waals surface area contributed by atoms with Crippen molar-refractivity contribution in [3.05, 3.63) is 58.5 Å². The van der Waals surface area contributed by atoms with Gasteiger partial charge in [-0.1, -0.05) is 12.1 Å². The third-order valence-electron chi connectivity index (χ3n) is 5.39. The van der Waals surface area contributed by atoms with Crippen LogP contribution in [0.1, 0.15) is 25.0 Å². The molecule has 6 nitrogen and oxygen atoms in total. The van der Waals surface area contributed by atoms with Gasteiger partial charge in [-0.05, 0) is 43.2 Å². The molecule has 1 fully saturated rings. The highest BCUT2D eigenvalue weighted by Gasteiger charge is 2.37. The molecule has 0 aromatic heterocycles. The van der Waals surface area contributed by atoms with Gasteiger partial charge in [-0.3, -0.25) is 4.90 Å². The van der Waals surface area contributed by atoms with Crippen molar-refractivity contribution >= 4 is 5.97 Å². The van der Waals surface area contributed by atoms with Gasteiger partial charge < -0.3 is 19.5 Å². The van der Waals surface area contributed by atoms with E-state index in [-0.39, 0.29) is 30.2 Å². The van der Waals surface area contributed by atoms with Gasteiger partial charge in [-0.2, -0.15) is 13.2 Å². The molecular formula is C21H25F3N2O4. The number of hydrogen-bond donors (Lipinski definition) is 1. The second-order valence-electron chi connectivity index (χ2n) is 7.44. The Kier molecular flexibility index (Phi) is 6.42. The topological polar surface area (TPSA) is 62.2 Å². The molecule has 0 spiro atoms. The van der Waals surface area contributed by atoms with Crippen LogP contribution in [0.5, 0.6) is 0 Å². The monoisotopic (exact) mass is 426 g/mol. The van der Waals surface area contributed by atoms with Gasteiger partial charge in [0.15, 0.2) is 0 Å².